The lowest BCUT2D eigenvalue weighted by atomic mass is 9.89. The lowest BCUT2D eigenvalue weighted by Crippen LogP contribution is -2.33. The van der Waals surface area contributed by atoms with Gasteiger partial charge in [-0.3, -0.25) is 0 Å². The van der Waals surface area contributed by atoms with Crippen LogP contribution in [0.3, 0.4) is 0 Å². The molecule has 0 aliphatic heterocycles. The van der Waals surface area contributed by atoms with Gasteiger partial charge in [-0.05, 0) is 43.6 Å². The van der Waals surface area contributed by atoms with Crippen LogP contribution in [0.2, 0.25) is 0 Å². The van der Waals surface area contributed by atoms with Crippen molar-refractivity contribution in [2.75, 3.05) is 13.2 Å². The normalized spacial score (nSPS) is 26.2. The maximum Gasteiger partial charge on any atom is 0.0482 e. The number of rotatable bonds is 7. The number of aliphatic hydroxyl groups is 1. The van der Waals surface area contributed by atoms with Crippen LogP contribution in [0.4, 0.5) is 0 Å². The van der Waals surface area contributed by atoms with Crippen molar-refractivity contribution in [3.8, 4) is 0 Å². The van der Waals surface area contributed by atoms with E-state index in [0.717, 1.165) is 24.9 Å². The van der Waals surface area contributed by atoms with Crippen LogP contribution in [-0.2, 0) is 0 Å². The lowest BCUT2D eigenvalue weighted by molar-refractivity contribution is 0.147. The summed E-state index contributed by atoms with van der Waals surface area (Å²) in [4.78, 5) is 0. The van der Waals surface area contributed by atoms with E-state index >= 15 is 0 Å². The van der Waals surface area contributed by atoms with Gasteiger partial charge in [-0.2, -0.15) is 0 Å². The largest absolute Gasteiger partial charge is 0.396 e. The van der Waals surface area contributed by atoms with E-state index in [1.807, 2.05) is 0 Å². The van der Waals surface area contributed by atoms with E-state index < -0.39 is 0 Å². The average Bonchev–Trinajstić information content (AvgIpc) is 2.72. The van der Waals surface area contributed by atoms with Crippen LogP contribution in [0.15, 0.2) is 0 Å². The predicted molar refractivity (Wildman–Crippen MR) is 69.5 cm³/mol. The fourth-order valence-corrected chi connectivity index (χ4v) is 2.73. The van der Waals surface area contributed by atoms with Gasteiger partial charge in [0, 0.05) is 12.6 Å². The number of hydrogen-bond donors (Lipinski definition) is 2. The minimum absolute atomic E-state index is 0.0987. The summed E-state index contributed by atoms with van der Waals surface area (Å²) >= 11 is 0. The highest BCUT2D eigenvalue weighted by molar-refractivity contribution is 4.82. The quantitative estimate of drug-likeness (QED) is 0.655. The zero-order valence-corrected chi connectivity index (χ0v) is 11.3. The maximum atomic E-state index is 9.16. The molecule has 1 saturated carbocycles. The smallest absolute Gasteiger partial charge is 0.0482 e. The van der Waals surface area contributed by atoms with Gasteiger partial charge in [0.15, 0.2) is 0 Å². The summed E-state index contributed by atoms with van der Waals surface area (Å²) in [5.74, 6) is 0.908. The molecule has 0 heterocycles. The summed E-state index contributed by atoms with van der Waals surface area (Å²) < 4.78 is 0. The first-order chi connectivity index (χ1) is 7.59. The highest BCUT2D eigenvalue weighted by atomic mass is 16.3. The first kappa shape index (κ1) is 14.0. The highest BCUT2D eigenvalue weighted by Gasteiger charge is 2.25. The predicted octanol–water partition coefficient (Wildman–Crippen LogP) is 2.95. The van der Waals surface area contributed by atoms with Crippen molar-refractivity contribution in [3.05, 3.63) is 0 Å². The maximum absolute atomic E-state index is 9.16. The lowest BCUT2D eigenvalue weighted by Gasteiger charge is -2.23. The van der Waals surface area contributed by atoms with Crippen molar-refractivity contribution in [1.82, 2.24) is 5.32 Å². The van der Waals surface area contributed by atoms with Crippen LogP contribution >= 0.6 is 0 Å². The van der Waals surface area contributed by atoms with E-state index in [1.54, 1.807) is 0 Å². The fraction of sp³-hybridized carbons (Fsp3) is 1.00. The topological polar surface area (TPSA) is 32.3 Å². The Hall–Kier alpha value is -0.0800. The molecule has 0 radical (unpaired) electrons. The van der Waals surface area contributed by atoms with Crippen molar-refractivity contribution in [3.63, 3.8) is 0 Å². The molecule has 96 valence electrons. The third-order valence-corrected chi connectivity index (χ3v) is 4.05. The molecule has 0 saturated heterocycles. The van der Waals surface area contributed by atoms with E-state index in [2.05, 4.69) is 26.1 Å². The molecule has 1 rings (SSSR count). The molecule has 0 bridgehead atoms. The summed E-state index contributed by atoms with van der Waals surface area (Å²) in [6.07, 6.45) is 7.79. The van der Waals surface area contributed by atoms with Crippen LogP contribution in [0.25, 0.3) is 0 Å². The molecule has 2 unspecified atom stereocenters. The van der Waals surface area contributed by atoms with Gasteiger partial charge in [0.25, 0.3) is 0 Å². The summed E-state index contributed by atoms with van der Waals surface area (Å²) in [5, 5.41) is 12.9. The Balaban J connectivity index is 2.11. The van der Waals surface area contributed by atoms with Crippen molar-refractivity contribution in [2.24, 2.45) is 11.3 Å². The van der Waals surface area contributed by atoms with Gasteiger partial charge in [0.05, 0.1) is 0 Å². The van der Waals surface area contributed by atoms with E-state index in [9.17, 15) is 0 Å². The Morgan fingerprint density at radius 3 is 2.69 bits per heavy atom. The number of aliphatic hydroxyl groups excluding tert-OH is 1. The SMILES string of the molecule is CCC1CCCC1NCCCC(C)(C)CO. The Morgan fingerprint density at radius 1 is 1.31 bits per heavy atom. The van der Waals surface area contributed by atoms with Gasteiger partial charge in [-0.15, -0.1) is 0 Å². The molecule has 0 aromatic carbocycles. The van der Waals surface area contributed by atoms with Crippen molar-refractivity contribution in [2.45, 2.75) is 65.3 Å². The molecule has 1 aliphatic carbocycles. The van der Waals surface area contributed by atoms with Crippen LogP contribution in [-0.4, -0.2) is 24.3 Å². The van der Waals surface area contributed by atoms with E-state index in [1.165, 1.54) is 32.1 Å². The fourth-order valence-electron chi connectivity index (χ4n) is 2.73. The summed E-state index contributed by atoms with van der Waals surface area (Å²) in [6.45, 7) is 7.99. The van der Waals surface area contributed by atoms with E-state index in [0.29, 0.717) is 6.61 Å². The summed E-state index contributed by atoms with van der Waals surface area (Å²) in [5.41, 5.74) is 0.0987. The molecule has 0 aromatic rings. The Kier molecular flexibility index (Phi) is 5.77. The third-order valence-electron chi connectivity index (χ3n) is 4.05. The molecule has 16 heavy (non-hydrogen) atoms. The monoisotopic (exact) mass is 227 g/mol. The van der Waals surface area contributed by atoms with Crippen LogP contribution < -0.4 is 5.32 Å². The molecule has 0 aromatic heterocycles. The average molecular weight is 227 g/mol. The van der Waals surface area contributed by atoms with Gasteiger partial charge < -0.3 is 10.4 Å². The van der Waals surface area contributed by atoms with Gasteiger partial charge in [0.2, 0.25) is 0 Å². The molecular weight excluding hydrogens is 198 g/mol. The van der Waals surface area contributed by atoms with Crippen LogP contribution in [0.1, 0.15) is 59.3 Å². The molecule has 2 N–H and O–H groups in total. The first-order valence-electron chi connectivity index (χ1n) is 6.93. The molecule has 0 spiro atoms. The summed E-state index contributed by atoms with van der Waals surface area (Å²) in [6, 6.07) is 0.766. The third kappa shape index (κ3) is 4.42. The number of hydrogen-bond acceptors (Lipinski definition) is 2. The Morgan fingerprint density at radius 2 is 2.06 bits per heavy atom. The molecule has 1 aliphatic rings. The van der Waals surface area contributed by atoms with Crippen LogP contribution in [0.5, 0.6) is 0 Å². The van der Waals surface area contributed by atoms with E-state index in [-0.39, 0.29) is 5.41 Å². The van der Waals surface area contributed by atoms with Crippen molar-refractivity contribution in [1.29, 1.82) is 0 Å². The molecule has 1 fully saturated rings. The molecule has 2 heteroatoms. The zero-order chi connectivity index (χ0) is 12.0. The van der Waals surface area contributed by atoms with Gasteiger partial charge >= 0.3 is 0 Å². The second-order valence-electron chi connectivity index (χ2n) is 6.09. The van der Waals surface area contributed by atoms with Gasteiger partial charge in [0.1, 0.15) is 0 Å². The molecular formula is C14H29NO. The van der Waals surface area contributed by atoms with Crippen molar-refractivity contribution < 1.29 is 5.11 Å². The highest BCUT2D eigenvalue weighted by Crippen LogP contribution is 2.28. The minimum Gasteiger partial charge on any atom is -0.396 e. The van der Waals surface area contributed by atoms with E-state index in [4.69, 9.17) is 5.11 Å². The first-order valence-corrected chi connectivity index (χ1v) is 6.93. The molecule has 2 nitrogen and oxygen atoms in total. The Bertz CT molecular complexity index is 191. The molecule has 0 amide bonds. The Labute approximate surface area is 101 Å². The zero-order valence-electron chi connectivity index (χ0n) is 11.3. The second kappa shape index (κ2) is 6.61. The number of nitrogens with one attached hydrogen (secondary N) is 1. The van der Waals surface area contributed by atoms with Gasteiger partial charge in [-0.25, -0.2) is 0 Å². The standard InChI is InChI=1S/C14H29NO/c1-4-12-7-5-8-13(12)15-10-6-9-14(2,3)11-16/h12-13,15-16H,4-11H2,1-3H3. The second-order valence-corrected chi connectivity index (χ2v) is 6.09. The molecule has 2 atom stereocenters. The minimum atomic E-state index is 0.0987. The summed E-state index contributed by atoms with van der Waals surface area (Å²) in [7, 11) is 0. The van der Waals surface area contributed by atoms with Crippen molar-refractivity contribution >= 4 is 0 Å². The van der Waals surface area contributed by atoms with Crippen LogP contribution in [0, 0.1) is 11.3 Å². The van der Waals surface area contributed by atoms with Gasteiger partial charge in [-0.1, -0.05) is 33.6 Å².